The van der Waals surface area contributed by atoms with Crippen LogP contribution in [0.25, 0.3) is 11.4 Å². The number of amides is 1. The third-order valence-corrected chi connectivity index (χ3v) is 5.10. The van der Waals surface area contributed by atoms with E-state index in [4.69, 9.17) is 0 Å². The smallest absolute Gasteiger partial charge is 0.270 e. The van der Waals surface area contributed by atoms with E-state index in [-0.39, 0.29) is 24.2 Å². The van der Waals surface area contributed by atoms with Gasteiger partial charge in [0, 0.05) is 41.7 Å². The monoisotopic (exact) mass is 421 g/mol. The van der Waals surface area contributed by atoms with Crippen LogP contribution in [0.15, 0.2) is 42.7 Å². The second kappa shape index (κ2) is 8.90. The zero-order chi connectivity index (χ0) is 21.8. The molecule has 0 unspecified atom stereocenters. The maximum absolute atomic E-state index is 12.2. The summed E-state index contributed by atoms with van der Waals surface area (Å²) in [6.45, 7) is 1.98. The Morgan fingerprint density at radius 2 is 2.06 bits per heavy atom. The van der Waals surface area contributed by atoms with Crippen molar-refractivity contribution < 1.29 is 9.72 Å². The Hall–Kier alpha value is -3.82. The molecule has 2 aromatic heterocycles. The van der Waals surface area contributed by atoms with Crippen molar-refractivity contribution in [1.29, 1.82) is 0 Å². The molecule has 0 radical (unpaired) electrons. The topological polar surface area (TPSA) is 128 Å². The molecular weight excluding hydrogens is 398 g/mol. The van der Waals surface area contributed by atoms with Crippen LogP contribution in [0, 0.1) is 17.0 Å². The van der Waals surface area contributed by atoms with Crippen LogP contribution in [0.2, 0.25) is 0 Å². The lowest BCUT2D eigenvalue weighted by Gasteiger charge is -2.11. The summed E-state index contributed by atoms with van der Waals surface area (Å²) in [5.74, 6) is 0.867. The molecule has 1 saturated carbocycles. The maximum Gasteiger partial charge on any atom is 0.270 e. The highest BCUT2D eigenvalue weighted by molar-refractivity contribution is 5.76. The molecular formula is C21H23N7O3. The Kier molecular flexibility index (Phi) is 5.87. The van der Waals surface area contributed by atoms with Crippen LogP contribution < -0.4 is 10.6 Å². The Balaban J connectivity index is 1.45. The van der Waals surface area contributed by atoms with Gasteiger partial charge in [-0.3, -0.25) is 19.6 Å². The molecule has 1 amide bonds. The van der Waals surface area contributed by atoms with Gasteiger partial charge in [-0.05, 0) is 19.8 Å². The first-order valence-corrected chi connectivity index (χ1v) is 10.2. The molecule has 4 rings (SSSR count). The number of hydrogen-bond acceptors (Lipinski definition) is 7. The SMILES string of the molecule is Cc1cc(Nc2cnn(CC(=O)NC3CCCC3)c2)nc(-c2cccc([N+](=O)[O-])c2)n1. The molecule has 1 aromatic carbocycles. The van der Waals surface area contributed by atoms with E-state index in [1.54, 1.807) is 35.3 Å². The molecule has 160 valence electrons. The Bertz CT molecular complexity index is 1110. The lowest BCUT2D eigenvalue weighted by Crippen LogP contribution is -2.35. The van der Waals surface area contributed by atoms with Crippen molar-refractivity contribution in [3.05, 3.63) is 58.5 Å². The number of anilines is 2. The Morgan fingerprint density at radius 3 is 2.84 bits per heavy atom. The van der Waals surface area contributed by atoms with Crippen LogP contribution >= 0.6 is 0 Å². The van der Waals surface area contributed by atoms with Gasteiger partial charge in [0.05, 0.1) is 16.8 Å². The second-order valence-electron chi connectivity index (χ2n) is 7.63. The fraction of sp³-hybridized carbons (Fsp3) is 0.333. The lowest BCUT2D eigenvalue weighted by atomic mass is 10.2. The molecule has 1 fully saturated rings. The number of carbonyl (C=O) groups excluding carboxylic acids is 1. The average molecular weight is 421 g/mol. The van der Waals surface area contributed by atoms with Crippen molar-refractivity contribution in [2.45, 2.75) is 45.2 Å². The van der Waals surface area contributed by atoms with Crippen LogP contribution in [0.3, 0.4) is 0 Å². The highest BCUT2D eigenvalue weighted by Crippen LogP contribution is 2.24. The average Bonchev–Trinajstić information content (AvgIpc) is 3.39. The molecule has 1 aliphatic carbocycles. The van der Waals surface area contributed by atoms with E-state index < -0.39 is 4.92 Å². The Morgan fingerprint density at radius 1 is 1.26 bits per heavy atom. The zero-order valence-electron chi connectivity index (χ0n) is 17.1. The molecule has 0 bridgehead atoms. The molecule has 0 spiro atoms. The quantitative estimate of drug-likeness (QED) is 0.442. The van der Waals surface area contributed by atoms with Crippen molar-refractivity contribution in [2.75, 3.05) is 5.32 Å². The highest BCUT2D eigenvalue weighted by Gasteiger charge is 2.17. The second-order valence-corrected chi connectivity index (χ2v) is 7.63. The predicted octanol–water partition coefficient (Wildman–Crippen LogP) is 3.36. The summed E-state index contributed by atoms with van der Waals surface area (Å²) in [5, 5.41) is 21.5. The maximum atomic E-state index is 12.2. The Labute approximate surface area is 178 Å². The normalized spacial score (nSPS) is 13.8. The number of nitro benzene ring substituents is 1. The predicted molar refractivity (Wildman–Crippen MR) is 115 cm³/mol. The molecule has 0 saturated heterocycles. The number of aromatic nitrogens is 4. The standard InChI is InChI=1S/C21H23N7O3/c1-14-9-19(26-21(23-14)15-5-4-8-18(10-15)28(30)31)24-17-11-22-27(12-17)13-20(29)25-16-6-2-3-7-16/h4-5,8-12,16H,2-3,6-7,13H2,1H3,(H,25,29)(H,23,24,26). The van der Waals surface area contributed by atoms with Gasteiger partial charge in [-0.1, -0.05) is 25.0 Å². The van der Waals surface area contributed by atoms with Gasteiger partial charge in [-0.2, -0.15) is 5.10 Å². The van der Waals surface area contributed by atoms with Gasteiger partial charge >= 0.3 is 0 Å². The van der Waals surface area contributed by atoms with E-state index >= 15 is 0 Å². The van der Waals surface area contributed by atoms with Crippen molar-refractivity contribution >= 4 is 23.1 Å². The first kappa shape index (κ1) is 20.5. The molecule has 0 aliphatic heterocycles. The van der Waals surface area contributed by atoms with E-state index in [9.17, 15) is 14.9 Å². The summed E-state index contributed by atoms with van der Waals surface area (Å²) in [5.41, 5.74) is 1.92. The molecule has 10 nitrogen and oxygen atoms in total. The van der Waals surface area contributed by atoms with E-state index in [1.807, 2.05) is 6.92 Å². The van der Waals surface area contributed by atoms with Gasteiger partial charge in [0.2, 0.25) is 5.91 Å². The number of hydrogen-bond donors (Lipinski definition) is 2. The summed E-state index contributed by atoms with van der Waals surface area (Å²) in [7, 11) is 0. The third kappa shape index (κ3) is 5.21. The molecule has 31 heavy (non-hydrogen) atoms. The van der Waals surface area contributed by atoms with Crippen LogP contribution in [0.5, 0.6) is 0 Å². The number of non-ortho nitro benzene ring substituents is 1. The van der Waals surface area contributed by atoms with Gasteiger partial charge in [-0.25, -0.2) is 9.97 Å². The minimum atomic E-state index is -0.449. The fourth-order valence-corrected chi connectivity index (χ4v) is 3.67. The van der Waals surface area contributed by atoms with Crippen molar-refractivity contribution in [1.82, 2.24) is 25.1 Å². The van der Waals surface area contributed by atoms with Crippen LogP contribution in [-0.2, 0) is 11.3 Å². The summed E-state index contributed by atoms with van der Waals surface area (Å²) in [6.07, 6.45) is 7.76. The molecule has 0 atom stereocenters. The van der Waals surface area contributed by atoms with E-state index in [0.29, 0.717) is 28.6 Å². The number of nitrogens with zero attached hydrogens (tertiary/aromatic N) is 5. The van der Waals surface area contributed by atoms with E-state index in [0.717, 1.165) is 25.7 Å². The van der Waals surface area contributed by atoms with Gasteiger partial charge in [0.15, 0.2) is 5.82 Å². The van der Waals surface area contributed by atoms with Crippen LogP contribution in [-0.4, -0.2) is 36.6 Å². The van der Waals surface area contributed by atoms with Crippen LogP contribution in [0.1, 0.15) is 31.4 Å². The van der Waals surface area contributed by atoms with Crippen molar-refractivity contribution in [2.24, 2.45) is 0 Å². The van der Waals surface area contributed by atoms with Crippen molar-refractivity contribution in [3.8, 4) is 11.4 Å². The minimum Gasteiger partial charge on any atom is -0.352 e. The summed E-state index contributed by atoms with van der Waals surface area (Å²) < 4.78 is 1.57. The third-order valence-electron chi connectivity index (χ3n) is 5.10. The fourth-order valence-electron chi connectivity index (χ4n) is 3.67. The number of carbonyl (C=O) groups is 1. The summed E-state index contributed by atoms with van der Waals surface area (Å²) in [6, 6.07) is 8.25. The first-order chi connectivity index (χ1) is 15.0. The summed E-state index contributed by atoms with van der Waals surface area (Å²) in [4.78, 5) is 31.7. The zero-order valence-corrected chi connectivity index (χ0v) is 17.1. The van der Waals surface area contributed by atoms with Gasteiger partial charge in [-0.15, -0.1) is 0 Å². The lowest BCUT2D eigenvalue weighted by molar-refractivity contribution is -0.384. The minimum absolute atomic E-state index is 0.0192. The number of nitro groups is 1. The number of aryl methyl sites for hydroxylation is 1. The molecule has 2 heterocycles. The molecule has 3 aromatic rings. The largest absolute Gasteiger partial charge is 0.352 e. The number of rotatable bonds is 7. The molecule has 1 aliphatic rings. The van der Waals surface area contributed by atoms with Crippen LogP contribution in [0.4, 0.5) is 17.2 Å². The molecule has 10 heteroatoms. The first-order valence-electron chi connectivity index (χ1n) is 10.2. The highest BCUT2D eigenvalue weighted by atomic mass is 16.6. The number of nitrogens with one attached hydrogen (secondary N) is 2. The number of benzene rings is 1. The van der Waals surface area contributed by atoms with Crippen molar-refractivity contribution in [3.63, 3.8) is 0 Å². The summed E-state index contributed by atoms with van der Waals surface area (Å²) >= 11 is 0. The van der Waals surface area contributed by atoms with Gasteiger partial charge in [0.1, 0.15) is 12.4 Å². The van der Waals surface area contributed by atoms with Gasteiger partial charge < -0.3 is 10.6 Å². The van der Waals surface area contributed by atoms with E-state index in [1.165, 1.54) is 12.1 Å². The van der Waals surface area contributed by atoms with Gasteiger partial charge in [0.25, 0.3) is 5.69 Å². The van der Waals surface area contributed by atoms with E-state index in [2.05, 4.69) is 25.7 Å². The molecule has 2 N–H and O–H groups in total.